The molecule has 3 rings (SSSR count). The molecular weight excluding hydrogens is 409 g/mol. The maximum Gasteiger partial charge on any atom is 0.242 e. The number of hydrogen-bond donors (Lipinski definition) is 0. The van der Waals surface area contributed by atoms with E-state index in [4.69, 9.17) is 8.85 Å². The molecule has 0 aliphatic heterocycles. The SMILES string of the molecule is C[Si](C)(C)Oc1cccc([S+](c2ccccc2)c2cccc(O[Si](C)(C)C)c2)c1. The molecule has 3 aromatic rings. The molecule has 0 aromatic heterocycles. The zero-order valence-corrected chi connectivity index (χ0v) is 21.0. The third-order valence-corrected chi connectivity index (χ3v) is 7.80. The van der Waals surface area contributed by atoms with Gasteiger partial charge in [0, 0.05) is 12.1 Å². The van der Waals surface area contributed by atoms with Crippen LogP contribution in [0.3, 0.4) is 0 Å². The summed E-state index contributed by atoms with van der Waals surface area (Å²) in [6.45, 7) is 13.3. The van der Waals surface area contributed by atoms with Crippen molar-refractivity contribution in [2.75, 3.05) is 0 Å². The Hall–Kier alpha value is -1.96. The second-order valence-corrected chi connectivity index (χ2v) is 19.9. The standard InChI is InChI=1S/C24H31O2SSi2/c1-28(2,3)25-20-12-10-16-23(18-20)27(22-14-8-7-9-15-22)24-17-11-13-21(19-24)26-29(4,5)6/h7-19H,1-6H3/q+1. The highest BCUT2D eigenvalue weighted by Crippen LogP contribution is 2.35. The van der Waals surface area contributed by atoms with Crippen molar-refractivity contribution in [2.24, 2.45) is 0 Å². The van der Waals surface area contributed by atoms with Crippen molar-refractivity contribution in [1.82, 2.24) is 0 Å². The van der Waals surface area contributed by atoms with E-state index in [9.17, 15) is 0 Å². The topological polar surface area (TPSA) is 18.5 Å². The first-order valence-electron chi connectivity index (χ1n) is 9.98. The summed E-state index contributed by atoms with van der Waals surface area (Å²) >= 11 is 0. The third kappa shape index (κ3) is 6.52. The van der Waals surface area contributed by atoms with Crippen LogP contribution in [0.5, 0.6) is 11.5 Å². The van der Waals surface area contributed by atoms with E-state index in [0.29, 0.717) is 0 Å². The minimum absolute atomic E-state index is 0.221. The predicted octanol–water partition coefficient (Wildman–Crippen LogP) is 7.21. The molecule has 152 valence electrons. The molecule has 5 heteroatoms. The Balaban J connectivity index is 2.06. The van der Waals surface area contributed by atoms with E-state index in [1.807, 2.05) is 0 Å². The van der Waals surface area contributed by atoms with Crippen LogP contribution in [0.1, 0.15) is 0 Å². The van der Waals surface area contributed by atoms with E-state index in [1.54, 1.807) is 0 Å². The van der Waals surface area contributed by atoms with Crippen LogP contribution in [0.2, 0.25) is 39.3 Å². The Kier molecular flexibility index (Phi) is 6.61. The number of hydrogen-bond acceptors (Lipinski definition) is 2. The van der Waals surface area contributed by atoms with E-state index in [2.05, 4.69) is 118 Å². The summed E-state index contributed by atoms with van der Waals surface area (Å²) in [6.07, 6.45) is 0. The van der Waals surface area contributed by atoms with E-state index in [1.165, 1.54) is 14.7 Å². The van der Waals surface area contributed by atoms with Gasteiger partial charge in [-0.05, 0) is 75.7 Å². The van der Waals surface area contributed by atoms with Gasteiger partial charge in [-0.15, -0.1) is 0 Å². The Morgan fingerprint density at radius 1 is 0.517 bits per heavy atom. The second-order valence-electron chi connectivity index (χ2n) is 9.00. The lowest BCUT2D eigenvalue weighted by Gasteiger charge is -2.20. The molecule has 0 amide bonds. The van der Waals surface area contributed by atoms with Crippen LogP contribution in [0.25, 0.3) is 0 Å². The molecule has 0 spiro atoms. The molecule has 0 saturated carbocycles. The molecule has 0 atom stereocenters. The zero-order valence-electron chi connectivity index (χ0n) is 18.2. The fraction of sp³-hybridized carbons (Fsp3) is 0.250. The molecule has 0 aliphatic rings. The minimum Gasteiger partial charge on any atom is -0.544 e. The van der Waals surface area contributed by atoms with Crippen molar-refractivity contribution in [1.29, 1.82) is 0 Å². The first kappa shape index (κ1) is 21.7. The van der Waals surface area contributed by atoms with Gasteiger partial charge >= 0.3 is 0 Å². The molecule has 0 saturated heterocycles. The van der Waals surface area contributed by atoms with Gasteiger partial charge in [0.2, 0.25) is 16.6 Å². The van der Waals surface area contributed by atoms with Gasteiger partial charge in [0.15, 0.2) is 14.7 Å². The molecule has 3 aromatic carbocycles. The fourth-order valence-electron chi connectivity index (χ4n) is 3.00. The predicted molar refractivity (Wildman–Crippen MR) is 129 cm³/mol. The maximum absolute atomic E-state index is 6.28. The number of rotatable bonds is 7. The van der Waals surface area contributed by atoms with Gasteiger partial charge in [0.05, 0.1) is 10.9 Å². The summed E-state index contributed by atoms with van der Waals surface area (Å²) < 4.78 is 12.6. The lowest BCUT2D eigenvalue weighted by atomic mass is 10.3. The van der Waals surface area contributed by atoms with Gasteiger partial charge in [0.1, 0.15) is 11.5 Å². The molecular formula is C24H31O2SSi2+. The van der Waals surface area contributed by atoms with Gasteiger partial charge in [0.25, 0.3) is 0 Å². The van der Waals surface area contributed by atoms with Crippen molar-refractivity contribution in [2.45, 2.75) is 54.0 Å². The molecule has 0 radical (unpaired) electrons. The molecule has 2 nitrogen and oxygen atoms in total. The third-order valence-electron chi connectivity index (χ3n) is 3.91. The van der Waals surface area contributed by atoms with E-state index in [-0.39, 0.29) is 10.9 Å². The van der Waals surface area contributed by atoms with Crippen molar-refractivity contribution in [3.8, 4) is 11.5 Å². The monoisotopic (exact) mass is 439 g/mol. The molecule has 0 bridgehead atoms. The van der Waals surface area contributed by atoms with Gasteiger partial charge in [-0.2, -0.15) is 0 Å². The van der Waals surface area contributed by atoms with Crippen LogP contribution in [-0.4, -0.2) is 16.6 Å². The molecule has 0 heterocycles. The van der Waals surface area contributed by atoms with Crippen molar-refractivity contribution >= 4 is 27.5 Å². The smallest absolute Gasteiger partial charge is 0.242 e. The molecule has 0 aliphatic carbocycles. The average molecular weight is 440 g/mol. The van der Waals surface area contributed by atoms with Crippen LogP contribution in [0.4, 0.5) is 0 Å². The normalized spacial score (nSPS) is 12.1. The highest BCUT2D eigenvalue weighted by atomic mass is 32.2. The minimum atomic E-state index is -1.66. The quantitative estimate of drug-likeness (QED) is 0.286. The molecule has 0 fully saturated rings. The summed E-state index contributed by atoms with van der Waals surface area (Å²) in [6, 6.07) is 27.9. The van der Waals surface area contributed by atoms with Crippen LogP contribution < -0.4 is 8.85 Å². The van der Waals surface area contributed by atoms with Gasteiger partial charge in [-0.1, -0.05) is 30.3 Å². The Labute approximate surface area is 180 Å². The Morgan fingerprint density at radius 3 is 1.34 bits per heavy atom. The van der Waals surface area contributed by atoms with Crippen LogP contribution >= 0.6 is 0 Å². The maximum atomic E-state index is 6.28. The van der Waals surface area contributed by atoms with Crippen LogP contribution in [-0.2, 0) is 10.9 Å². The van der Waals surface area contributed by atoms with E-state index < -0.39 is 16.6 Å². The van der Waals surface area contributed by atoms with Crippen molar-refractivity contribution in [3.63, 3.8) is 0 Å². The first-order chi connectivity index (χ1) is 13.6. The molecule has 29 heavy (non-hydrogen) atoms. The zero-order chi connectivity index (χ0) is 21.1. The van der Waals surface area contributed by atoms with Gasteiger partial charge in [-0.25, -0.2) is 0 Å². The highest BCUT2D eigenvalue weighted by Gasteiger charge is 2.30. The highest BCUT2D eigenvalue weighted by molar-refractivity contribution is 7.97. The lowest BCUT2D eigenvalue weighted by Crippen LogP contribution is -2.29. The van der Waals surface area contributed by atoms with Crippen molar-refractivity contribution in [3.05, 3.63) is 78.9 Å². The lowest BCUT2D eigenvalue weighted by molar-refractivity contribution is 0.556. The van der Waals surface area contributed by atoms with E-state index in [0.717, 1.165) is 11.5 Å². The summed E-state index contributed by atoms with van der Waals surface area (Å²) in [7, 11) is -3.55. The van der Waals surface area contributed by atoms with Crippen LogP contribution in [0, 0.1) is 0 Å². The van der Waals surface area contributed by atoms with Gasteiger partial charge < -0.3 is 8.85 Å². The second kappa shape index (κ2) is 8.82. The van der Waals surface area contributed by atoms with Crippen LogP contribution in [0.15, 0.2) is 93.5 Å². The first-order valence-corrected chi connectivity index (χ1v) is 18.0. The van der Waals surface area contributed by atoms with Crippen molar-refractivity contribution < 1.29 is 8.85 Å². The Bertz CT molecular complexity index is 887. The summed E-state index contributed by atoms with van der Waals surface area (Å²) in [5.74, 6) is 1.93. The Morgan fingerprint density at radius 2 is 0.931 bits per heavy atom. The summed E-state index contributed by atoms with van der Waals surface area (Å²) in [4.78, 5) is 3.82. The number of benzene rings is 3. The summed E-state index contributed by atoms with van der Waals surface area (Å²) in [5.41, 5.74) is 0. The molecule has 0 unspecified atom stereocenters. The molecule has 0 N–H and O–H groups in total. The largest absolute Gasteiger partial charge is 0.544 e. The average Bonchev–Trinajstić information content (AvgIpc) is 2.61. The fourth-order valence-corrected chi connectivity index (χ4v) is 6.81. The van der Waals surface area contributed by atoms with E-state index >= 15 is 0 Å². The summed E-state index contributed by atoms with van der Waals surface area (Å²) in [5, 5.41) is 0. The van der Waals surface area contributed by atoms with Gasteiger partial charge in [-0.3, -0.25) is 0 Å².